The molecule has 3 N–H and O–H groups in total. The number of aliphatic carboxylic acids is 2. The van der Waals surface area contributed by atoms with Gasteiger partial charge in [-0.3, -0.25) is 9.59 Å². The molecule has 7 nitrogen and oxygen atoms in total. The van der Waals surface area contributed by atoms with Crippen molar-refractivity contribution in [2.75, 3.05) is 0 Å². The predicted octanol–water partition coefficient (Wildman–Crippen LogP) is 0.981. The lowest BCUT2D eigenvalue weighted by molar-refractivity contribution is -0.140. The molecule has 0 aliphatic rings. The van der Waals surface area contributed by atoms with Crippen molar-refractivity contribution in [1.29, 1.82) is 0 Å². The Labute approximate surface area is 122 Å². The van der Waals surface area contributed by atoms with Crippen LogP contribution in [0.5, 0.6) is 0 Å². The van der Waals surface area contributed by atoms with E-state index in [1.807, 2.05) is 0 Å². The van der Waals surface area contributed by atoms with E-state index < -0.39 is 28.0 Å². The number of aryl methyl sites for hydroxylation is 1. The normalized spacial score (nSPS) is 12.8. The molecule has 0 unspecified atom stereocenters. The fraction of sp³-hybridized carbons (Fsp3) is 0.385. The minimum absolute atomic E-state index is 0.00878. The topological polar surface area (TPSA) is 121 Å². The molecule has 0 amide bonds. The summed E-state index contributed by atoms with van der Waals surface area (Å²) in [4.78, 5) is 21.5. The van der Waals surface area contributed by atoms with Crippen LogP contribution in [0.25, 0.3) is 0 Å². The van der Waals surface area contributed by atoms with Crippen LogP contribution in [-0.4, -0.2) is 36.6 Å². The number of benzene rings is 1. The molecule has 0 saturated carbocycles. The van der Waals surface area contributed by atoms with Gasteiger partial charge in [-0.15, -0.1) is 0 Å². The Morgan fingerprint density at radius 1 is 1.24 bits per heavy atom. The zero-order valence-corrected chi connectivity index (χ0v) is 12.3. The van der Waals surface area contributed by atoms with E-state index in [0.717, 1.165) is 0 Å². The Morgan fingerprint density at radius 3 is 2.38 bits per heavy atom. The molecule has 0 radical (unpaired) electrons. The van der Waals surface area contributed by atoms with E-state index in [1.165, 1.54) is 6.07 Å². The maximum atomic E-state index is 12.2. The minimum Gasteiger partial charge on any atom is -0.481 e. The molecule has 1 rings (SSSR count). The van der Waals surface area contributed by atoms with Gasteiger partial charge in [-0.05, 0) is 31.4 Å². The highest BCUT2D eigenvalue weighted by Crippen LogP contribution is 2.15. The third-order valence-corrected chi connectivity index (χ3v) is 4.49. The molecule has 116 valence electrons. The highest BCUT2D eigenvalue weighted by molar-refractivity contribution is 7.89. The summed E-state index contributed by atoms with van der Waals surface area (Å²) < 4.78 is 26.5. The van der Waals surface area contributed by atoms with Crippen LogP contribution in [0.15, 0.2) is 29.2 Å². The quantitative estimate of drug-likeness (QED) is 0.657. The highest BCUT2D eigenvalue weighted by Gasteiger charge is 2.26. The fourth-order valence-corrected chi connectivity index (χ4v) is 3.27. The molecule has 0 spiro atoms. The van der Waals surface area contributed by atoms with Crippen LogP contribution in [0, 0.1) is 6.92 Å². The second kappa shape index (κ2) is 7.19. The van der Waals surface area contributed by atoms with Crippen molar-refractivity contribution in [3.63, 3.8) is 0 Å². The molecule has 0 aromatic heterocycles. The van der Waals surface area contributed by atoms with Crippen LogP contribution in [-0.2, 0) is 19.6 Å². The first-order chi connectivity index (χ1) is 9.74. The van der Waals surface area contributed by atoms with Crippen LogP contribution < -0.4 is 4.72 Å². The van der Waals surface area contributed by atoms with Crippen molar-refractivity contribution in [2.45, 2.75) is 37.1 Å². The number of carbonyl (C=O) groups is 2. The number of carboxylic acids is 2. The Hall–Kier alpha value is -1.93. The summed E-state index contributed by atoms with van der Waals surface area (Å²) in [6.45, 7) is 1.61. The molecule has 0 aliphatic heterocycles. The lowest BCUT2D eigenvalue weighted by atomic mass is 10.1. The smallest absolute Gasteiger partial charge is 0.321 e. The Bertz CT molecular complexity index is 625. The van der Waals surface area contributed by atoms with Crippen molar-refractivity contribution in [3.8, 4) is 0 Å². The lowest BCUT2D eigenvalue weighted by Gasteiger charge is -2.15. The van der Waals surface area contributed by atoms with Gasteiger partial charge in [0.15, 0.2) is 0 Å². The van der Waals surface area contributed by atoms with Gasteiger partial charge < -0.3 is 10.2 Å². The molecule has 1 aromatic carbocycles. The number of sulfonamides is 1. The number of hydrogen-bond acceptors (Lipinski definition) is 4. The summed E-state index contributed by atoms with van der Waals surface area (Å²) in [7, 11) is -3.96. The lowest BCUT2D eigenvalue weighted by Crippen LogP contribution is -2.40. The summed E-state index contributed by atoms with van der Waals surface area (Å²) in [5.41, 5.74) is 0.500. The van der Waals surface area contributed by atoms with Gasteiger partial charge in [0.05, 0.1) is 4.90 Å². The van der Waals surface area contributed by atoms with Crippen LogP contribution in [0.4, 0.5) is 0 Å². The van der Waals surface area contributed by atoms with Gasteiger partial charge in [0, 0.05) is 6.42 Å². The van der Waals surface area contributed by atoms with Crippen molar-refractivity contribution < 1.29 is 28.2 Å². The van der Waals surface area contributed by atoms with E-state index in [2.05, 4.69) is 4.72 Å². The molecule has 0 heterocycles. The monoisotopic (exact) mass is 315 g/mol. The summed E-state index contributed by atoms with van der Waals surface area (Å²) in [5.74, 6) is -2.39. The maximum absolute atomic E-state index is 12.2. The van der Waals surface area contributed by atoms with Crippen LogP contribution in [0.1, 0.15) is 24.8 Å². The molecular weight excluding hydrogens is 298 g/mol. The average molecular weight is 315 g/mol. The fourth-order valence-electron chi connectivity index (χ4n) is 1.80. The van der Waals surface area contributed by atoms with E-state index in [1.54, 1.807) is 25.1 Å². The second-order valence-corrected chi connectivity index (χ2v) is 6.25. The molecule has 1 atom stereocenters. The molecular formula is C13H17NO6S. The molecule has 0 saturated heterocycles. The zero-order valence-electron chi connectivity index (χ0n) is 11.4. The van der Waals surface area contributed by atoms with Gasteiger partial charge in [-0.25, -0.2) is 8.42 Å². The SMILES string of the molecule is Cc1ccccc1S(=O)(=O)N[C@H](CCCC(=O)O)C(=O)O. The Kier molecular flexibility index (Phi) is 5.86. The van der Waals surface area contributed by atoms with E-state index in [0.29, 0.717) is 5.56 Å². The molecule has 1 aromatic rings. The molecule has 0 aliphatic carbocycles. The number of carboxylic acid groups (broad SMARTS) is 2. The van der Waals surface area contributed by atoms with E-state index >= 15 is 0 Å². The van der Waals surface area contributed by atoms with Gasteiger partial charge >= 0.3 is 11.9 Å². The van der Waals surface area contributed by atoms with Crippen molar-refractivity contribution in [1.82, 2.24) is 4.72 Å². The first-order valence-electron chi connectivity index (χ1n) is 6.26. The van der Waals surface area contributed by atoms with Gasteiger partial charge in [0.25, 0.3) is 0 Å². The Morgan fingerprint density at radius 2 is 1.86 bits per heavy atom. The largest absolute Gasteiger partial charge is 0.481 e. The summed E-state index contributed by atoms with van der Waals surface area (Å²) in [5, 5.41) is 17.6. The van der Waals surface area contributed by atoms with Crippen LogP contribution in [0.3, 0.4) is 0 Å². The third-order valence-electron chi connectivity index (χ3n) is 2.86. The molecule has 0 bridgehead atoms. The first kappa shape index (κ1) is 17.1. The van der Waals surface area contributed by atoms with Crippen LogP contribution in [0.2, 0.25) is 0 Å². The van der Waals surface area contributed by atoms with Crippen molar-refractivity contribution >= 4 is 22.0 Å². The van der Waals surface area contributed by atoms with E-state index in [9.17, 15) is 18.0 Å². The number of rotatable bonds is 8. The average Bonchev–Trinajstić information content (AvgIpc) is 2.37. The first-order valence-corrected chi connectivity index (χ1v) is 7.75. The Balaban J connectivity index is 2.85. The predicted molar refractivity (Wildman–Crippen MR) is 74.4 cm³/mol. The number of nitrogens with one attached hydrogen (secondary N) is 1. The van der Waals surface area contributed by atoms with Gasteiger partial charge in [0.1, 0.15) is 6.04 Å². The summed E-state index contributed by atoms with van der Waals surface area (Å²) in [6.07, 6.45) is -0.231. The summed E-state index contributed by atoms with van der Waals surface area (Å²) >= 11 is 0. The standard InChI is InChI=1S/C13H17NO6S/c1-9-5-2-3-7-11(9)21(19,20)14-10(13(17)18)6-4-8-12(15)16/h2-3,5,7,10,14H,4,6,8H2,1H3,(H,15,16)(H,17,18)/t10-/m1/s1. The van der Waals surface area contributed by atoms with Gasteiger partial charge in [-0.2, -0.15) is 4.72 Å². The molecule has 0 fully saturated rings. The highest BCUT2D eigenvalue weighted by atomic mass is 32.2. The van der Waals surface area contributed by atoms with E-state index in [-0.39, 0.29) is 24.2 Å². The second-order valence-electron chi connectivity index (χ2n) is 4.56. The van der Waals surface area contributed by atoms with Crippen LogP contribution >= 0.6 is 0 Å². The number of hydrogen-bond donors (Lipinski definition) is 3. The van der Waals surface area contributed by atoms with Gasteiger partial charge in [-0.1, -0.05) is 18.2 Å². The minimum atomic E-state index is -3.96. The maximum Gasteiger partial charge on any atom is 0.321 e. The molecule has 21 heavy (non-hydrogen) atoms. The van der Waals surface area contributed by atoms with Crippen molar-refractivity contribution in [2.24, 2.45) is 0 Å². The summed E-state index contributed by atoms with van der Waals surface area (Å²) in [6, 6.07) is 4.86. The van der Waals surface area contributed by atoms with E-state index in [4.69, 9.17) is 10.2 Å². The molecule has 8 heteroatoms. The zero-order chi connectivity index (χ0) is 16.0. The van der Waals surface area contributed by atoms with Crippen molar-refractivity contribution in [3.05, 3.63) is 29.8 Å². The third kappa shape index (κ3) is 5.16. The van der Waals surface area contributed by atoms with Gasteiger partial charge in [0.2, 0.25) is 10.0 Å².